The Hall–Kier alpha value is -2.35. The molecule has 25 heavy (non-hydrogen) atoms. The fourth-order valence-electron chi connectivity index (χ4n) is 2.67. The number of allylic oxidation sites excluding steroid dienone is 1. The van der Waals surface area contributed by atoms with Crippen LogP contribution in [-0.2, 0) is 20.5 Å². The Bertz CT molecular complexity index is 685. The van der Waals surface area contributed by atoms with Gasteiger partial charge in [0.2, 0.25) is 5.91 Å². The first kappa shape index (κ1) is 19.0. The van der Waals surface area contributed by atoms with E-state index in [0.29, 0.717) is 0 Å². The second kappa shape index (κ2) is 7.69. The number of amides is 1. The molecule has 8 heteroatoms. The molecule has 1 saturated heterocycles. The maximum Gasteiger partial charge on any atom is 0.416 e. The van der Waals surface area contributed by atoms with Crippen LogP contribution in [0.2, 0.25) is 0 Å². The van der Waals surface area contributed by atoms with Crippen molar-refractivity contribution in [2.75, 3.05) is 19.7 Å². The predicted octanol–water partition coefficient (Wildman–Crippen LogP) is 2.81. The standard InChI is InChI=1S/C17H18F3NO4/c1-11(13-4-2-3-5-14(13)17(18,19)20)8-15(22)21-6-7-25-12(10-21)9-16(23)24/h2-5,8,12H,6-7,9-10H2,1H3,(H,23,24)/b11-8+. The van der Waals surface area contributed by atoms with E-state index in [1.165, 1.54) is 30.0 Å². The molecule has 1 atom stereocenters. The van der Waals surface area contributed by atoms with Crippen LogP contribution in [-0.4, -0.2) is 47.7 Å². The number of benzene rings is 1. The van der Waals surface area contributed by atoms with Gasteiger partial charge in [-0.25, -0.2) is 0 Å². The molecule has 1 N–H and O–H groups in total. The Morgan fingerprint density at radius 2 is 2.04 bits per heavy atom. The van der Waals surface area contributed by atoms with Crippen molar-refractivity contribution in [1.29, 1.82) is 0 Å². The number of morpholine rings is 1. The minimum atomic E-state index is -4.51. The summed E-state index contributed by atoms with van der Waals surface area (Å²) in [5.41, 5.74) is -0.667. The molecule has 0 aliphatic carbocycles. The summed E-state index contributed by atoms with van der Waals surface area (Å²) in [7, 11) is 0. The van der Waals surface area contributed by atoms with E-state index in [1.54, 1.807) is 0 Å². The summed E-state index contributed by atoms with van der Waals surface area (Å²) < 4.78 is 44.5. The number of nitrogens with zero attached hydrogens (tertiary/aromatic N) is 1. The van der Waals surface area contributed by atoms with E-state index in [4.69, 9.17) is 9.84 Å². The highest BCUT2D eigenvalue weighted by Gasteiger charge is 2.33. The van der Waals surface area contributed by atoms with E-state index in [1.807, 2.05) is 0 Å². The van der Waals surface area contributed by atoms with Gasteiger partial charge in [0.15, 0.2) is 0 Å². The van der Waals surface area contributed by atoms with Crippen LogP contribution in [0.5, 0.6) is 0 Å². The molecule has 0 radical (unpaired) electrons. The quantitative estimate of drug-likeness (QED) is 0.842. The Morgan fingerprint density at radius 3 is 2.68 bits per heavy atom. The van der Waals surface area contributed by atoms with Crippen molar-refractivity contribution in [2.45, 2.75) is 25.6 Å². The van der Waals surface area contributed by atoms with E-state index >= 15 is 0 Å². The van der Waals surface area contributed by atoms with Gasteiger partial charge in [0.1, 0.15) is 0 Å². The molecule has 0 aromatic heterocycles. The van der Waals surface area contributed by atoms with Crippen molar-refractivity contribution in [3.8, 4) is 0 Å². The van der Waals surface area contributed by atoms with Crippen molar-refractivity contribution >= 4 is 17.4 Å². The van der Waals surface area contributed by atoms with Crippen molar-refractivity contribution in [3.05, 3.63) is 41.5 Å². The minimum Gasteiger partial charge on any atom is -0.481 e. The highest BCUT2D eigenvalue weighted by Crippen LogP contribution is 2.34. The van der Waals surface area contributed by atoms with Crippen LogP contribution in [0, 0.1) is 0 Å². The third-order valence-electron chi connectivity index (χ3n) is 3.85. The summed E-state index contributed by atoms with van der Waals surface area (Å²) in [6, 6.07) is 5.05. The molecule has 0 spiro atoms. The lowest BCUT2D eigenvalue weighted by Gasteiger charge is -2.31. The average molecular weight is 357 g/mol. The first-order valence-corrected chi connectivity index (χ1v) is 7.65. The third kappa shape index (κ3) is 5.06. The van der Waals surface area contributed by atoms with Crippen molar-refractivity contribution in [3.63, 3.8) is 0 Å². The maximum absolute atomic E-state index is 13.1. The number of hydrogen-bond acceptors (Lipinski definition) is 3. The lowest BCUT2D eigenvalue weighted by molar-refractivity contribution is -0.145. The largest absolute Gasteiger partial charge is 0.481 e. The van der Waals surface area contributed by atoms with Gasteiger partial charge < -0.3 is 14.7 Å². The number of halogens is 3. The molecule has 1 aromatic rings. The molecule has 1 heterocycles. The van der Waals surface area contributed by atoms with Crippen LogP contribution >= 0.6 is 0 Å². The maximum atomic E-state index is 13.1. The molecule has 136 valence electrons. The second-order valence-electron chi connectivity index (χ2n) is 5.75. The molecular weight excluding hydrogens is 339 g/mol. The van der Waals surface area contributed by atoms with Gasteiger partial charge in [-0.3, -0.25) is 9.59 Å². The highest BCUT2D eigenvalue weighted by molar-refractivity contribution is 5.95. The van der Waals surface area contributed by atoms with Crippen LogP contribution in [0.4, 0.5) is 13.2 Å². The van der Waals surface area contributed by atoms with Crippen LogP contribution in [0.25, 0.3) is 5.57 Å². The van der Waals surface area contributed by atoms with E-state index in [-0.39, 0.29) is 37.3 Å². The molecular formula is C17H18F3NO4. The SMILES string of the molecule is C/C(=C\C(=O)N1CCOC(CC(=O)O)C1)c1ccccc1C(F)(F)F. The first-order valence-electron chi connectivity index (χ1n) is 7.65. The number of carboxylic acid groups (broad SMARTS) is 1. The Kier molecular flexibility index (Phi) is 5.84. The molecule has 1 fully saturated rings. The molecule has 0 saturated carbocycles. The normalized spacial score (nSPS) is 19.0. The summed E-state index contributed by atoms with van der Waals surface area (Å²) in [6.07, 6.45) is -4.22. The topological polar surface area (TPSA) is 66.8 Å². The Balaban J connectivity index is 2.17. The van der Waals surface area contributed by atoms with Gasteiger partial charge in [-0.15, -0.1) is 0 Å². The van der Waals surface area contributed by atoms with Crippen LogP contribution in [0.3, 0.4) is 0 Å². The molecule has 2 rings (SSSR count). The summed E-state index contributed by atoms with van der Waals surface area (Å²) in [4.78, 5) is 24.5. The predicted molar refractivity (Wildman–Crippen MR) is 83.7 cm³/mol. The average Bonchev–Trinajstić information content (AvgIpc) is 2.53. The molecule has 5 nitrogen and oxygen atoms in total. The van der Waals surface area contributed by atoms with E-state index in [9.17, 15) is 22.8 Å². The van der Waals surface area contributed by atoms with Crippen molar-refractivity contribution < 1.29 is 32.6 Å². The Morgan fingerprint density at radius 1 is 1.36 bits per heavy atom. The smallest absolute Gasteiger partial charge is 0.416 e. The second-order valence-corrected chi connectivity index (χ2v) is 5.75. The van der Waals surface area contributed by atoms with Gasteiger partial charge in [-0.2, -0.15) is 13.2 Å². The summed E-state index contributed by atoms with van der Waals surface area (Å²) >= 11 is 0. The summed E-state index contributed by atoms with van der Waals surface area (Å²) in [5.74, 6) is -1.50. The summed E-state index contributed by atoms with van der Waals surface area (Å²) in [6.45, 7) is 1.99. The van der Waals surface area contributed by atoms with Gasteiger partial charge >= 0.3 is 12.1 Å². The van der Waals surface area contributed by atoms with Crippen LogP contribution < -0.4 is 0 Å². The number of hydrogen-bond donors (Lipinski definition) is 1. The van der Waals surface area contributed by atoms with Crippen LogP contribution in [0.1, 0.15) is 24.5 Å². The first-order chi connectivity index (χ1) is 11.7. The lowest BCUT2D eigenvalue weighted by atomic mass is 10.00. The van der Waals surface area contributed by atoms with Gasteiger partial charge in [0.05, 0.1) is 24.7 Å². The number of carboxylic acids is 1. The molecule has 1 aliphatic rings. The molecule has 1 unspecified atom stereocenters. The summed E-state index contributed by atoms with van der Waals surface area (Å²) in [5, 5.41) is 8.79. The monoisotopic (exact) mass is 357 g/mol. The molecule has 1 amide bonds. The minimum absolute atomic E-state index is 0.0568. The van der Waals surface area contributed by atoms with E-state index in [2.05, 4.69) is 0 Å². The Labute approximate surface area is 142 Å². The number of rotatable bonds is 4. The fourth-order valence-corrected chi connectivity index (χ4v) is 2.67. The zero-order valence-electron chi connectivity index (χ0n) is 13.5. The van der Waals surface area contributed by atoms with Crippen molar-refractivity contribution in [1.82, 2.24) is 4.90 Å². The van der Waals surface area contributed by atoms with E-state index in [0.717, 1.165) is 12.1 Å². The zero-order chi connectivity index (χ0) is 18.6. The van der Waals surface area contributed by atoms with Gasteiger partial charge in [-0.05, 0) is 24.1 Å². The fraction of sp³-hybridized carbons (Fsp3) is 0.412. The zero-order valence-corrected chi connectivity index (χ0v) is 13.5. The van der Waals surface area contributed by atoms with E-state index < -0.39 is 29.7 Å². The third-order valence-corrected chi connectivity index (χ3v) is 3.85. The van der Waals surface area contributed by atoms with Gasteiger partial charge in [-0.1, -0.05) is 18.2 Å². The number of carbonyl (C=O) groups is 2. The van der Waals surface area contributed by atoms with Crippen LogP contribution in [0.15, 0.2) is 30.3 Å². The number of alkyl halides is 3. The molecule has 0 bridgehead atoms. The highest BCUT2D eigenvalue weighted by atomic mass is 19.4. The number of aliphatic carboxylic acids is 1. The van der Waals surface area contributed by atoms with Gasteiger partial charge in [0, 0.05) is 19.2 Å². The molecule has 1 aromatic carbocycles. The lowest BCUT2D eigenvalue weighted by Crippen LogP contribution is -2.45. The number of carbonyl (C=O) groups excluding carboxylic acids is 1. The van der Waals surface area contributed by atoms with Crippen molar-refractivity contribution in [2.24, 2.45) is 0 Å². The molecule has 1 aliphatic heterocycles. The van der Waals surface area contributed by atoms with Gasteiger partial charge in [0.25, 0.3) is 0 Å². The number of ether oxygens (including phenoxy) is 1.